The number of nitrogens with one attached hydrogen (secondary N) is 1. The van der Waals surface area contributed by atoms with Crippen molar-refractivity contribution in [3.63, 3.8) is 0 Å². The van der Waals surface area contributed by atoms with Crippen molar-refractivity contribution >= 4 is 0 Å². The van der Waals surface area contributed by atoms with Gasteiger partial charge in [0.15, 0.2) is 0 Å². The predicted octanol–water partition coefficient (Wildman–Crippen LogP) is 2.98. The normalized spacial score (nSPS) is 18.0. The number of nitrogens with zero attached hydrogens (tertiary/aromatic N) is 1. The highest BCUT2D eigenvalue weighted by Gasteiger charge is 2.17. The molecule has 1 N–H and O–H groups in total. The Hall–Kier alpha value is -1.22. The van der Waals surface area contributed by atoms with Crippen molar-refractivity contribution in [1.29, 1.82) is 0 Å². The minimum absolute atomic E-state index is 0.114. The molecule has 0 saturated heterocycles. The van der Waals surface area contributed by atoms with Gasteiger partial charge in [-0.05, 0) is 44.4 Å². The summed E-state index contributed by atoms with van der Waals surface area (Å²) in [4.78, 5) is 3.91. The van der Waals surface area contributed by atoms with Crippen LogP contribution in [0.5, 0.6) is 0 Å². The van der Waals surface area contributed by atoms with E-state index in [4.69, 9.17) is 0 Å². The molecule has 0 bridgehead atoms. The molecule has 2 nitrogen and oxygen atoms in total. The average molecular weight is 220 g/mol. The average Bonchev–Trinajstić information content (AvgIpc) is 2.31. The van der Waals surface area contributed by atoms with E-state index >= 15 is 0 Å². The molecule has 1 aliphatic carbocycles. The fourth-order valence-corrected chi connectivity index (χ4v) is 2.28. The van der Waals surface area contributed by atoms with E-state index in [0.29, 0.717) is 0 Å². The maximum absolute atomic E-state index is 13.1. The van der Waals surface area contributed by atoms with Crippen LogP contribution in [0.3, 0.4) is 0 Å². The minimum atomic E-state index is -0.269. The molecule has 0 aliphatic heterocycles. The molecule has 1 aliphatic rings. The monoisotopic (exact) mass is 220 g/mol. The van der Waals surface area contributed by atoms with Crippen molar-refractivity contribution in [2.75, 3.05) is 7.05 Å². The van der Waals surface area contributed by atoms with Crippen molar-refractivity contribution in [3.05, 3.63) is 41.5 Å². The van der Waals surface area contributed by atoms with Gasteiger partial charge in [0.2, 0.25) is 0 Å². The summed E-state index contributed by atoms with van der Waals surface area (Å²) in [6.07, 6.45) is 9.98. The Morgan fingerprint density at radius 1 is 1.38 bits per heavy atom. The van der Waals surface area contributed by atoms with Crippen molar-refractivity contribution in [1.82, 2.24) is 10.3 Å². The Labute approximate surface area is 95.6 Å². The molecule has 1 aromatic heterocycles. The summed E-state index contributed by atoms with van der Waals surface area (Å²) >= 11 is 0. The Morgan fingerprint density at radius 2 is 2.25 bits per heavy atom. The number of halogens is 1. The zero-order chi connectivity index (χ0) is 11.4. The molecule has 0 amide bonds. The van der Waals surface area contributed by atoms with Gasteiger partial charge in [-0.1, -0.05) is 11.6 Å². The van der Waals surface area contributed by atoms with Crippen LogP contribution in [-0.4, -0.2) is 12.0 Å². The maximum atomic E-state index is 13.1. The lowest BCUT2D eigenvalue weighted by molar-refractivity contribution is 0.578. The van der Waals surface area contributed by atoms with Gasteiger partial charge in [0.25, 0.3) is 0 Å². The van der Waals surface area contributed by atoms with Gasteiger partial charge in [-0.25, -0.2) is 4.39 Å². The summed E-state index contributed by atoms with van der Waals surface area (Å²) in [5.74, 6) is -0.269. The highest BCUT2D eigenvalue weighted by Crippen LogP contribution is 2.29. The van der Waals surface area contributed by atoms with Crippen LogP contribution in [0, 0.1) is 5.82 Å². The Balaban J connectivity index is 2.25. The van der Waals surface area contributed by atoms with Crippen molar-refractivity contribution in [2.45, 2.75) is 31.7 Å². The van der Waals surface area contributed by atoms with Gasteiger partial charge in [0.1, 0.15) is 5.82 Å². The second-order valence-electron chi connectivity index (χ2n) is 4.18. The van der Waals surface area contributed by atoms with Crippen molar-refractivity contribution < 1.29 is 4.39 Å². The van der Waals surface area contributed by atoms with E-state index in [0.717, 1.165) is 18.4 Å². The Bertz CT molecular complexity index is 387. The summed E-state index contributed by atoms with van der Waals surface area (Å²) < 4.78 is 13.1. The van der Waals surface area contributed by atoms with Gasteiger partial charge in [0.05, 0.1) is 12.2 Å². The summed E-state index contributed by atoms with van der Waals surface area (Å²) in [5, 5.41) is 3.24. The lowest BCUT2D eigenvalue weighted by Crippen LogP contribution is -2.20. The molecule has 3 heteroatoms. The first kappa shape index (κ1) is 11.3. The van der Waals surface area contributed by atoms with E-state index < -0.39 is 0 Å². The largest absolute Gasteiger partial charge is 0.310 e. The Kier molecular flexibility index (Phi) is 3.67. The summed E-state index contributed by atoms with van der Waals surface area (Å²) in [6.45, 7) is 0. The van der Waals surface area contributed by atoms with Gasteiger partial charge in [-0.15, -0.1) is 0 Å². The van der Waals surface area contributed by atoms with Crippen LogP contribution in [-0.2, 0) is 0 Å². The Morgan fingerprint density at radius 3 is 2.88 bits per heavy atom. The number of allylic oxidation sites excluding steroid dienone is 1. The fraction of sp³-hybridized carbons (Fsp3) is 0.462. The van der Waals surface area contributed by atoms with Gasteiger partial charge in [-0.2, -0.15) is 0 Å². The molecule has 86 valence electrons. The van der Waals surface area contributed by atoms with E-state index in [1.807, 2.05) is 7.05 Å². The lowest BCUT2D eigenvalue weighted by Gasteiger charge is -2.23. The topological polar surface area (TPSA) is 24.9 Å². The molecular formula is C13H17FN2. The molecule has 0 aromatic carbocycles. The lowest BCUT2D eigenvalue weighted by atomic mass is 9.90. The van der Waals surface area contributed by atoms with Gasteiger partial charge >= 0.3 is 0 Å². The van der Waals surface area contributed by atoms with Crippen LogP contribution < -0.4 is 5.32 Å². The first-order valence-corrected chi connectivity index (χ1v) is 5.78. The molecule has 16 heavy (non-hydrogen) atoms. The van der Waals surface area contributed by atoms with Gasteiger partial charge in [-0.3, -0.25) is 4.98 Å². The SMILES string of the molecule is CNC(C1=CCCCC1)c1cncc(F)c1. The quantitative estimate of drug-likeness (QED) is 0.792. The summed E-state index contributed by atoms with van der Waals surface area (Å²) in [5.41, 5.74) is 2.27. The number of hydrogen-bond acceptors (Lipinski definition) is 2. The number of aromatic nitrogens is 1. The van der Waals surface area contributed by atoms with Crippen molar-refractivity contribution in [3.8, 4) is 0 Å². The van der Waals surface area contributed by atoms with E-state index in [9.17, 15) is 4.39 Å². The van der Waals surface area contributed by atoms with Crippen LogP contribution >= 0.6 is 0 Å². The standard InChI is InChI=1S/C13H17FN2/c1-15-13(10-5-3-2-4-6-10)11-7-12(14)9-16-8-11/h5,7-9,13,15H,2-4,6H2,1H3. The van der Waals surface area contributed by atoms with E-state index in [-0.39, 0.29) is 11.9 Å². The predicted molar refractivity (Wildman–Crippen MR) is 62.5 cm³/mol. The molecule has 1 unspecified atom stereocenters. The molecule has 0 saturated carbocycles. The second kappa shape index (κ2) is 5.21. The number of pyridine rings is 1. The number of rotatable bonds is 3. The highest BCUT2D eigenvalue weighted by atomic mass is 19.1. The molecule has 0 radical (unpaired) electrons. The molecule has 0 spiro atoms. The maximum Gasteiger partial charge on any atom is 0.141 e. The first-order valence-electron chi connectivity index (χ1n) is 5.78. The number of hydrogen-bond donors (Lipinski definition) is 1. The van der Waals surface area contributed by atoms with E-state index in [1.54, 1.807) is 12.3 Å². The zero-order valence-corrected chi connectivity index (χ0v) is 9.54. The third kappa shape index (κ3) is 2.47. The van der Waals surface area contributed by atoms with Crippen LogP contribution in [0.2, 0.25) is 0 Å². The minimum Gasteiger partial charge on any atom is -0.310 e. The molecular weight excluding hydrogens is 203 g/mol. The first-order chi connectivity index (χ1) is 7.81. The summed E-state index contributed by atoms with van der Waals surface area (Å²) in [6, 6.07) is 1.67. The van der Waals surface area contributed by atoms with Crippen LogP contribution in [0.15, 0.2) is 30.1 Å². The molecule has 0 fully saturated rings. The highest BCUT2D eigenvalue weighted by molar-refractivity contribution is 5.26. The zero-order valence-electron chi connectivity index (χ0n) is 9.54. The number of likely N-dealkylation sites (N-methyl/N-ethyl adjacent to an activating group) is 1. The third-order valence-electron chi connectivity index (χ3n) is 3.04. The molecule has 2 rings (SSSR count). The molecule has 1 heterocycles. The van der Waals surface area contributed by atoms with Crippen molar-refractivity contribution in [2.24, 2.45) is 0 Å². The smallest absolute Gasteiger partial charge is 0.141 e. The second-order valence-corrected chi connectivity index (χ2v) is 4.18. The van der Waals surface area contributed by atoms with Gasteiger partial charge < -0.3 is 5.32 Å². The van der Waals surface area contributed by atoms with E-state index in [1.165, 1.54) is 24.6 Å². The van der Waals surface area contributed by atoms with E-state index in [2.05, 4.69) is 16.4 Å². The molecule has 1 aromatic rings. The molecule has 1 atom stereocenters. The summed E-state index contributed by atoms with van der Waals surface area (Å²) in [7, 11) is 1.91. The fourth-order valence-electron chi connectivity index (χ4n) is 2.28. The van der Waals surface area contributed by atoms with Gasteiger partial charge in [0, 0.05) is 6.20 Å². The van der Waals surface area contributed by atoms with Crippen LogP contribution in [0.4, 0.5) is 4.39 Å². The van der Waals surface area contributed by atoms with Crippen LogP contribution in [0.1, 0.15) is 37.3 Å². The van der Waals surface area contributed by atoms with Crippen LogP contribution in [0.25, 0.3) is 0 Å². The third-order valence-corrected chi connectivity index (χ3v) is 3.04.